The van der Waals surface area contributed by atoms with Crippen molar-refractivity contribution in [2.45, 2.75) is 188 Å². The summed E-state index contributed by atoms with van der Waals surface area (Å²) in [5.74, 6) is 0.107. The molecule has 0 heterocycles. The Bertz CT molecular complexity index is 675. The molecule has 0 aromatic heterocycles. The molecule has 7 heteroatoms. The fraction of sp³-hybridized carbons (Fsp3) is 0.927. The van der Waals surface area contributed by atoms with E-state index >= 15 is 0 Å². The maximum atomic E-state index is 12.9. The Morgan fingerprint density at radius 3 is 1.44 bits per heavy atom. The fourth-order valence-electron chi connectivity index (χ4n) is 6.16. The highest BCUT2D eigenvalue weighted by molar-refractivity contribution is 5.72. The molecule has 0 spiro atoms. The van der Waals surface area contributed by atoms with E-state index in [-0.39, 0.29) is 17.9 Å². The van der Waals surface area contributed by atoms with Gasteiger partial charge >= 0.3 is 11.9 Å². The van der Waals surface area contributed by atoms with E-state index in [0.717, 1.165) is 71.1 Å². The molecule has 0 N–H and O–H groups in total. The van der Waals surface area contributed by atoms with Gasteiger partial charge in [-0.05, 0) is 72.3 Å². The molecule has 0 bridgehead atoms. The molecule has 0 rings (SSSR count). The van der Waals surface area contributed by atoms with Crippen molar-refractivity contribution in [2.75, 3.05) is 53.5 Å². The van der Waals surface area contributed by atoms with Crippen molar-refractivity contribution in [2.24, 2.45) is 5.92 Å². The highest BCUT2D eigenvalue weighted by Gasteiger charge is 2.19. The van der Waals surface area contributed by atoms with Crippen LogP contribution in [0.5, 0.6) is 0 Å². The minimum atomic E-state index is -0.0626. The molecule has 0 aliphatic carbocycles. The zero-order valence-electron chi connectivity index (χ0n) is 32.8. The number of hydrogen-bond donors (Lipinski definition) is 0. The summed E-state index contributed by atoms with van der Waals surface area (Å²) in [6, 6.07) is 0. The lowest BCUT2D eigenvalue weighted by Crippen LogP contribution is -2.30. The second-order valence-electron chi connectivity index (χ2n) is 14.1. The van der Waals surface area contributed by atoms with E-state index in [0.29, 0.717) is 19.6 Å². The van der Waals surface area contributed by atoms with Gasteiger partial charge in [0.25, 0.3) is 0 Å². The van der Waals surface area contributed by atoms with Gasteiger partial charge in [-0.2, -0.15) is 0 Å². The Kier molecular flexibility index (Phi) is 40.5. The lowest BCUT2D eigenvalue weighted by Gasteiger charge is -2.22. The largest absolute Gasteiger partial charge is 0.465 e. The van der Waals surface area contributed by atoms with Crippen molar-refractivity contribution >= 4 is 18.7 Å². The molecule has 48 heavy (non-hydrogen) atoms. The quantitative estimate of drug-likeness (QED) is 0.0481. The summed E-state index contributed by atoms with van der Waals surface area (Å²) >= 11 is 0. The zero-order chi connectivity index (χ0) is 35.9. The van der Waals surface area contributed by atoms with Crippen LogP contribution < -0.4 is 0 Å². The highest BCUT2D eigenvalue weighted by Crippen LogP contribution is 2.21. The van der Waals surface area contributed by atoms with Crippen LogP contribution >= 0.6 is 0 Å². The van der Waals surface area contributed by atoms with Crippen molar-refractivity contribution in [1.29, 1.82) is 0 Å². The van der Waals surface area contributed by atoms with Crippen molar-refractivity contribution in [3.63, 3.8) is 0 Å². The summed E-state index contributed by atoms with van der Waals surface area (Å²) in [5.41, 5.74) is 0. The fourth-order valence-corrected chi connectivity index (χ4v) is 6.16. The van der Waals surface area contributed by atoms with Crippen LogP contribution in [-0.2, 0) is 23.9 Å². The summed E-state index contributed by atoms with van der Waals surface area (Å²) in [6.45, 7) is 13.8. The molecule has 0 amide bonds. The Hall–Kier alpha value is -1.47. The van der Waals surface area contributed by atoms with Crippen molar-refractivity contribution in [3.05, 3.63) is 0 Å². The topological polar surface area (TPSA) is 76.1 Å². The zero-order valence-corrected chi connectivity index (χ0v) is 32.8. The standard InChI is InChI=1S/C40H80N2O4.CH2O/c1-6-9-12-15-19-24-30-38(29-23-14-11-8-3)40(44)46-36-27-22-18-17-21-26-34-42(33-25-20-16-13-10-7-2)35-37-45-39(43)31-28-32-41(4)5;1-2/h38H,6-37H2,1-5H3;1H2. The third-order valence-electron chi connectivity index (χ3n) is 9.24. The van der Waals surface area contributed by atoms with Crippen LogP contribution in [0.2, 0.25) is 0 Å². The predicted octanol–water partition coefficient (Wildman–Crippen LogP) is 10.6. The summed E-state index contributed by atoms with van der Waals surface area (Å²) in [4.78, 5) is 37.6. The normalized spacial score (nSPS) is 11.8. The third kappa shape index (κ3) is 35.8. The van der Waals surface area contributed by atoms with Gasteiger partial charge in [0.1, 0.15) is 13.4 Å². The van der Waals surface area contributed by atoms with Gasteiger partial charge < -0.3 is 19.2 Å². The first-order chi connectivity index (χ1) is 23.4. The SMILES string of the molecule is C=O.CCCCCCCCC(CCCCCC)C(=O)OCCCCCCCCN(CCCCCCCC)CCOC(=O)CCCN(C)C. The van der Waals surface area contributed by atoms with Crippen LogP contribution in [-0.4, -0.2) is 82.0 Å². The molecule has 0 aliphatic rings. The average Bonchev–Trinajstić information content (AvgIpc) is 3.08. The van der Waals surface area contributed by atoms with E-state index in [2.05, 4.69) is 30.6 Å². The van der Waals surface area contributed by atoms with Crippen molar-refractivity contribution in [3.8, 4) is 0 Å². The molecule has 0 aromatic rings. The lowest BCUT2D eigenvalue weighted by atomic mass is 9.94. The molecule has 286 valence electrons. The van der Waals surface area contributed by atoms with E-state index in [1.165, 1.54) is 116 Å². The van der Waals surface area contributed by atoms with Gasteiger partial charge in [-0.25, -0.2) is 0 Å². The Morgan fingerprint density at radius 1 is 0.500 bits per heavy atom. The summed E-state index contributed by atoms with van der Waals surface area (Å²) in [5, 5.41) is 0. The van der Waals surface area contributed by atoms with Crippen LogP contribution in [0, 0.1) is 5.92 Å². The number of esters is 2. The van der Waals surface area contributed by atoms with Gasteiger partial charge in [0.2, 0.25) is 0 Å². The Labute approximate surface area is 299 Å². The lowest BCUT2D eigenvalue weighted by molar-refractivity contribution is -0.149. The summed E-state index contributed by atoms with van der Waals surface area (Å²) in [7, 11) is 4.07. The smallest absolute Gasteiger partial charge is 0.308 e. The first-order valence-electron chi connectivity index (χ1n) is 20.4. The van der Waals surface area contributed by atoms with Gasteiger partial charge in [-0.15, -0.1) is 0 Å². The van der Waals surface area contributed by atoms with Crippen LogP contribution in [0.3, 0.4) is 0 Å². The first-order valence-corrected chi connectivity index (χ1v) is 20.4. The molecule has 0 aromatic carbocycles. The highest BCUT2D eigenvalue weighted by atomic mass is 16.5. The van der Waals surface area contributed by atoms with E-state index in [1.807, 2.05) is 20.9 Å². The number of ether oxygens (including phenoxy) is 2. The molecule has 7 nitrogen and oxygen atoms in total. The van der Waals surface area contributed by atoms with Gasteiger partial charge in [0.15, 0.2) is 0 Å². The Morgan fingerprint density at radius 2 is 0.938 bits per heavy atom. The van der Waals surface area contributed by atoms with E-state index in [1.54, 1.807) is 0 Å². The number of nitrogens with zero attached hydrogens (tertiary/aromatic N) is 2. The number of hydrogen-bond acceptors (Lipinski definition) is 7. The maximum Gasteiger partial charge on any atom is 0.308 e. The number of carbonyl (C=O) groups is 3. The van der Waals surface area contributed by atoms with Gasteiger partial charge in [-0.1, -0.05) is 143 Å². The minimum Gasteiger partial charge on any atom is -0.465 e. The van der Waals surface area contributed by atoms with Crippen LogP contribution in [0.25, 0.3) is 0 Å². The molecule has 0 radical (unpaired) electrons. The van der Waals surface area contributed by atoms with Crippen molar-refractivity contribution in [1.82, 2.24) is 9.80 Å². The molecule has 0 fully saturated rings. The molecule has 0 saturated carbocycles. The first kappa shape index (κ1) is 48.6. The molecule has 0 saturated heterocycles. The molecular weight excluding hydrogens is 600 g/mol. The molecule has 1 unspecified atom stereocenters. The third-order valence-corrected chi connectivity index (χ3v) is 9.24. The van der Waals surface area contributed by atoms with Crippen LogP contribution in [0.4, 0.5) is 0 Å². The minimum absolute atomic E-state index is 0.0626. The molecule has 0 aliphatic heterocycles. The predicted molar refractivity (Wildman–Crippen MR) is 205 cm³/mol. The summed E-state index contributed by atoms with van der Waals surface area (Å²) < 4.78 is 11.3. The van der Waals surface area contributed by atoms with Gasteiger partial charge in [-0.3, -0.25) is 14.5 Å². The van der Waals surface area contributed by atoms with E-state index in [9.17, 15) is 9.59 Å². The van der Waals surface area contributed by atoms with Crippen LogP contribution in [0.1, 0.15) is 188 Å². The number of unbranched alkanes of at least 4 members (excludes halogenated alkanes) is 18. The van der Waals surface area contributed by atoms with E-state index < -0.39 is 0 Å². The van der Waals surface area contributed by atoms with Crippen molar-refractivity contribution < 1.29 is 23.9 Å². The number of carbonyl (C=O) groups excluding carboxylic acids is 3. The Balaban J connectivity index is 0. The van der Waals surface area contributed by atoms with Crippen LogP contribution in [0.15, 0.2) is 0 Å². The van der Waals surface area contributed by atoms with E-state index in [4.69, 9.17) is 14.3 Å². The number of rotatable bonds is 36. The average molecular weight is 683 g/mol. The van der Waals surface area contributed by atoms with Gasteiger partial charge in [0, 0.05) is 13.0 Å². The molecule has 1 atom stereocenters. The monoisotopic (exact) mass is 683 g/mol. The summed E-state index contributed by atoms with van der Waals surface area (Å²) in [6.07, 6.45) is 30.7. The second-order valence-corrected chi connectivity index (χ2v) is 14.1. The van der Waals surface area contributed by atoms with Gasteiger partial charge in [0.05, 0.1) is 12.5 Å². The second kappa shape index (κ2) is 40.0. The maximum absolute atomic E-state index is 12.9. The molecular formula is C41H82N2O5.